The molecule has 7 nitrogen and oxygen atoms in total. The number of benzene rings is 2. The molecule has 2 amide bonds. The van der Waals surface area contributed by atoms with Crippen LogP contribution in [0.1, 0.15) is 5.56 Å². The van der Waals surface area contributed by atoms with Crippen molar-refractivity contribution < 1.29 is 19.1 Å². The van der Waals surface area contributed by atoms with E-state index in [1.807, 2.05) is 31.2 Å². The van der Waals surface area contributed by atoms with Crippen LogP contribution in [0.15, 0.2) is 54.6 Å². The maximum Gasteiger partial charge on any atom is 0.276 e. The molecule has 2 aromatic rings. The molecule has 2 rings (SSSR count). The molecule has 0 bridgehead atoms. The molecular weight excluding hydrogens is 354 g/mol. The Labute approximate surface area is 156 Å². The number of hydrogen-bond acceptors (Lipinski definition) is 5. The minimum absolute atomic E-state index is 0.0450. The molecule has 2 aromatic carbocycles. The highest BCUT2D eigenvalue weighted by molar-refractivity contribution is 7.80. The van der Waals surface area contributed by atoms with Crippen LogP contribution in [0.2, 0.25) is 0 Å². The number of para-hydroxylation sites is 2. The molecule has 8 heteroatoms. The standard InChI is InChI=1S/C18H19N3O4S/c1-13-7-5-6-10-15(13)25-11-16(22)19-18(26)21-20-17(23)12-24-14-8-3-2-4-9-14/h2-10H,11-12H2,1H3,(H,20,23)(H2,19,21,22,26). The maximum atomic E-state index is 11.8. The Balaban J connectivity index is 1.64. The van der Waals surface area contributed by atoms with Gasteiger partial charge >= 0.3 is 0 Å². The lowest BCUT2D eigenvalue weighted by atomic mass is 10.2. The van der Waals surface area contributed by atoms with E-state index in [0.717, 1.165) is 5.56 Å². The summed E-state index contributed by atoms with van der Waals surface area (Å²) < 4.78 is 10.7. The van der Waals surface area contributed by atoms with E-state index in [2.05, 4.69) is 16.2 Å². The summed E-state index contributed by atoms with van der Waals surface area (Å²) in [6.45, 7) is 1.49. The van der Waals surface area contributed by atoms with Crippen LogP contribution in [0, 0.1) is 6.92 Å². The van der Waals surface area contributed by atoms with Crippen LogP contribution >= 0.6 is 12.2 Å². The summed E-state index contributed by atoms with van der Waals surface area (Å²) >= 11 is 4.93. The predicted molar refractivity (Wildman–Crippen MR) is 101 cm³/mol. The van der Waals surface area contributed by atoms with Gasteiger partial charge in [-0.2, -0.15) is 0 Å². The van der Waals surface area contributed by atoms with Crippen molar-refractivity contribution >= 4 is 29.1 Å². The normalized spacial score (nSPS) is 9.73. The monoisotopic (exact) mass is 373 g/mol. The minimum atomic E-state index is -0.444. The van der Waals surface area contributed by atoms with E-state index in [4.69, 9.17) is 21.7 Å². The third-order valence-electron chi connectivity index (χ3n) is 3.13. The Morgan fingerprint density at radius 1 is 0.885 bits per heavy atom. The van der Waals surface area contributed by atoms with Crippen molar-refractivity contribution in [2.45, 2.75) is 6.92 Å². The van der Waals surface area contributed by atoms with E-state index in [9.17, 15) is 9.59 Å². The second-order valence-electron chi connectivity index (χ2n) is 5.21. The Hall–Kier alpha value is -3.13. The number of ether oxygens (including phenoxy) is 2. The maximum absolute atomic E-state index is 11.8. The van der Waals surface area contributed by atoms with Crippen molar-refractivity contribution in [3.05, 3.63) is 60.2 Å². The zero-order chi connectivity index (χ0) is 18.8. The molecule has 0 heterocycles. The first kappa shape index (κ1) is 19.2. The number of carbonyl (C=O) groups is 2. The SMILES string of the molecule is Cc1ccccc1OCC(=O)NC(=S)NNC(=O)COc1ccccc1. The first-order chi connectivity index (χ1) is 12.5. The Morgan fingerprint density at radius 2 is 1.54 bits per heavy atom. The summed E-state index contributed by atoms with van der Waals surface area (Å²) in [5.74, 6) is 0.307. The van der Waals surface area contributed by atoms with E-state index in [0.29, 0.717) is 11.5 Å². The van der Waals surface area contributed by atoms with E-state index in [-0.39, 0.29) is 18.3 Å². The van der Waals surface area contributed by atoms with E-state index >= 15 is 0 Å². The van der Waals surface area contributed by atoms with Gasteiger partial charge in [-0.1, -0.05) is 36.4 Å². The molecule has 0 spiro atoms. The third kappa shape index (κ3) is 6.78. The lowest BCUT2D eigenvalue weighted by molar-refractivity contribution is -0.124. The molecule has 0 fully saturated rings. The van der Waals surface area contributed by atoms with Gasteiger partial charge in [0.2, 0.25) is 0 Å². The Morgan fingerprint density at radius 3 is 2.27 bits per heavy atom. The number of amides is 2. The van der Waals surface area contributed by atoms with Crippen molar-refractivity contribution in [2.75, 3.05) is 13.2 Å². The molecule has 0 aliphatic rings. The minimum Gasteiger partial charge on any atom is -0.484 e. The van der Waals surface area contributed by atoms with Crippen molar-refractivity contribution in [1.82, 2.24) is 16.2 Å². The first-order valence-electron chi connectivity index (χ1n) is 7.79. The van der Waals surface area contributed by atoms with Gasteiger partial charge < -0.3 is 9.47 Å². The first-order valence-corrected chi connectivity index (χ1v) is 8.20. The highest BCUT2D eigenvalue weighted by Gasteiger charge is 2.08. The van der Waals surface area contributed by atoms with Crippen LogP contribution in [-0.2, 0) is 9.59 Å². The van der Waals surface area contributed by atoms with Gasteiger partial charge in [0.05, 0.1) is 0 Å². The fourth-order valence-corrected chi connectivity index (χ4v) is 2.05. The number of aryl methyl sites for hydroxylation is 1. The summed E-state index contributed by atoms with van der Waals surface area (Å²) in [6.07, 6.45) is 0. The number of nitrogens with one attached hydrogen (secondary N) is 3. The van der Waals surface area contributed by atoms with Crippen LogP contribution in [0.4, 0.5) is 0 Å². The number of hydrazine groups is 1. The van der Waals surface area contributed by atoms with Crippen LogP contribution < -0.4 is 25.6 Å². The van der Waals surface area contributed by atoms with Gasteiger partial charge in [-0.25, -0.2) is 0 Å². The Kier molecular flexibility index (Phi) is 7.38. The summed E-state index contributed by atoms with van der Waals surface area (Å²) in [5.41, 5.74) is 5.68. The number of thiocarbonyl (C=S) groups is 1. The molecule has 136 valence electrons. The molecular formula is C18H19N3O4S. The van der Waals surface area contributed by atoms with E-state index in [1.165, 1.54) is 0 Å². The van der Waals surface area contributed by atoms with Crippen LogP contribution in [0.3, 0.4) is 0 Å². The van der Waals surface area contributed by atoms with Crippen molar-refractivity contribution in [3.8, 4) is 11.5 Å². The van der Waals surface area contributed by atoms with Gasteiger partial charge in [0, 0.05) is 0 Å². The molecule has 0 saturated carbocycles. The fourth-order valence-electron chi connectivity index (χ4n) is 1.88. The lowest BCUT2D eigenvalue weighted by Gasteiger charge is -2.12. The number of rotatable bonds is 6. The van der Waals surface area contributed by atoms with E-state index in [1.54, 1.807) is 30.3 Å². The van der Waals surface area contributed by atoms with Crippen molar-refractivity contribution in [2.24, 2.45) is 0 Å². The molecule has 0 saturated heterocycles. The average molecular weight is 373 g/mol. The van der Waals surface area contributed by atoms with E-state index < -0.39 is 11.8 Å². The summed E-state index contributed by atoms with van der Waals surface area (Å²) in [6, 6.07) is 16.3. The lowest BCUT2D eigenvalue weighted by Crippen LogP contribution is -2.50. The van der Waals surface area contributed by atoms with Gasteiger partial charge in [-0.05, 0) is 42.9 Å². The van der Waals surface area contributed by atoms with Crippen molar-refractivity contribution in [3.63, 3.8) is 0 Å². The fraction of sp³-hybridized carbons (Fsp3) is 0.167. The molecule has 3 N–H and O–H groups in total. The van der Waals surface area contributed by atoms with Crippen LogP contribution in [-0.4, -0.2) is 30.1 Å². The molecule has 0 unspecified atom stereocenters. The molecule has 0 aliphatic heterocycles. The molecule has 0 radical (unpaired) electrons. The van der Waals surface area contributed by atoms with Gasteiger partial charge in [0.15, 0.2) is 18.3 Å². The Bertz CT molecular complexity index is 768. The summed E-state index contributed by atoms with van der Waals surface area (Å²) in [5, 5.41) is 2.35. The topological polar surface area (TPSA) is 88.7 Å². The smallest absolute Gasteiger partial charge is 0.276 e. The van der Waals surface area contributed by atoms with Crippen molar-refractivity contribution in [1.29, 1.82) is 0 Å². The average Bonchev–Trinajstić information content (AvgIpc) is 2.65. The highest BCUT2D eigenvalue weighted by Crippen LogP contribution is 2.15. The highest BCUT2D eigenvalue weighted by atomic mass is 32.1. The zero-order valence-electron chi connectivity index (χ0n) is 14.2. The van der Waals surface area contributed by atoms with Gasteiger partial charge in [0.1, 0.15) is 11.5 Å². The summed E-state index contributed by atoms with van der Waals surface area (Å²) in [7, 11) is 0. The van der Waals surface area contributed by atoms with Gasteiger partial charge in [0.25, 0.3) is 11.8 Å². The zero-order valence-corrected chi connectivity index (χ0v) is 15.0. The molecule has 26 heavy (non-hydrogen) atoms. The van der Waals surface area contributed by atoms with Gasteiger partial charge in [-0.3, -0.25) is 25.8 Å². The molecule has 0 aliphatic carbocycles. The number of hydrogen-bond donors (Lipinski definition) is 3. The second-order valence-corrected chi connectivity index (χ2v) is 5.61. The second kappa shape index (κ2) is 10.00. The largest absolute Gasteiger partial charge is 0.484 e. The molecule has 0 aromatic heterocycles. The quantitative estimate of drug-likeness (QED) is 0.525. The van der Waals surface area contributed by atoms with Crippen LogP contribution in [0.25, 0.3) is 0 Å². The third-order valence-corrected chi connectivity index (χ3v) is 3.34. The predicted octanol–water partition coefficient (Wildman–Crippen LogP) is 1.47. The van der Waals surface area contributed by atoms with Crippen LogP contribution in [0.5, 0.6) is 11.5 Å². The van der Waals surface area contributed by atoms with Gasteiger partial charge in [-0.15, -0.1) is 0 Å². The summed E-state index contributed by atoms with van der Waals surface area (Å²) in [4.78, 5) is 23.5. The molecule has 0 atom stereocenters. The number of carbonyl (C=O) groups excluding carboxylic acids is 2.